The van der Waals surface area contributed by atoms with Gasteiger partial charge in [0.05, 0.1) is 18.8 Å². The molecule has 4 heteroatoms. The Morgan fingerprint density at radius 2 is 0.765 bits per heavy atom. The maximum Gasteiger partial charge on any atom is 0.220 e. The number of amides is 1. The lowest BCUT2D eigenvalue weighted by atomic mass is 10.0. The molecule has 0 heterocycles. The Kier molecular flexibility index (Phi) is 42.3. The van der Waals surface area contributed by atoms with E-state index < -0.39 is 12.1 Å². The molecule has 3 N–H and O–H groups in total. The molecule has 302 valence electrons. The molecule has 0 rings (SSSR count). The van der Waals surface area contributed by atoms with E-state index in [0.29, 0.717) is 6.42 Å². The zero-order valence-corrected chi connectivity index (χ0v) is 34.6. The third-order valence-corrected chi connectivity index (χ3v) is 10.7. The zero-order valence-electron chi connectivity index (χ0n) is 34.6. The second-order valence-electron chi connectivity index (χ2n) is 15.8. The topological polar surface area (TPSA) is 69.6 Å². The molecule has 0 aromatic carbocycles. The molecule has 4 nitrogen and oxygen atoms in total. The molecule has 0 bridgehead atoms. The normalized spacial score (nSPS) is 13.1. The van der Waals surface area contributed by atoms with E-state index in [-0.39, 0.29) is 12.5 Å². The first-order valence-corrected chi connectivity index (χ1v) is 23.1. The Balaban J connectivity index is 3.50. The first-order chi connectivity index (χ1) is 25.2. The van der Waals surface area contributed by atoms with Gasteiger partial charge in [0.15, 0.2) is 0 Å². The van der Waals surface area contributed by atoms with Crippen molar-refractivity contribution in [3.8, 4) is 0 Å². The molecule has 0 radical (unpaired) electrons. The van der Waals surface area contributed by atoms with Gasteiger partial charge in [0.25, 0.3) is 0 Å². The highest BCUT2D eigenvalue weighted by molar-refractivity contribution is 5.76. The summed E-state index contributed by atoms with van der Waals surface area (Å²) in [5, 5.41) is 23.0. The zero-order chi connectivity index (χ0) is 37.1. The fraction of sp³-hybridized carbons (Fsp3) is 0.894. The molecule has 0 spiro atoms. The van der Waals surface area contributed by atoms with Gasteiger partial charge in [-0.1, -0.05) is 237 Å². The minimum Gasteiger partial charge on any atom is -0.394 e. The van der Waals surface area contributed by atoms with Crippen LogP contribution in [-0.2, 0) is 4.79 Å². The second kappa shape index (κ2) is 43.3. The minimum absolute atomic E-state index is 0.0699. The molecule has 2 unspecified atom stereocenters. The van der Waals surface area contributed by atoms with Crippen molar-refractivity contribution in [2.75, 3.05) is 6.61 Å². The van der Waals surface area contributed by atoms with Gasteiger partial charge in [-0.15, -0.1) is 0 Å². The number of aliphatic hydroxyl groups is 2. The smallest absolute Gasteiger partial charge is 0.220 e. The summed E-state index contributed by atoms with van der Waals surface area (Å²) in [6.07, 6.45) is 55.9. The van der Waals surface area contributed by atoms with E-state index in [1.807, 2.05) is 6.08 Å². The van der Waals surface area contributed by atoms with E-state index in [1.54, 1.807) is 6.08 Å². The van der Waals surface area contributed by atoms with Crippen molar-refractivity contribution in [2.24, 2.45) is 0 Å². The molecule has 0 aromatic heterocycles. The first kappa shape index (κ1) is 49.9. The monoisotopic (exact) mass is 718 g/mol. The number of hydrogen-bond acceptors (Lipinski definition) is 3. The SMILES string of the molecule is CCCCCCCCCC/C=C/CC/C=C/C(O)C(CO)NC(=O)CCCCCCCCCCCCCCCCCCCCCCCCCCC. The van der Waals surface area contributed by atoms with Gasteiger partial charge < -0.3 is 15.5 Å². The van der Waals surface area contributed by atoms with Crippen LogP contribution in [0.15, 0.2) is 24.3 Å². The summed E-state index contributed by atoms with van der Waals surface area (Å²) in [7, 11) is 0. The molecule has 0 saturated carbocycles. The Bertz CT molecular complexity index is 735. The standard InChI is InChI=1S/C47H91NO3/c1-3-5-7-9-11-13-15-17-19-20-21-22-23-24-25-26-27-28-29-31-33-35-37-39-41-43-47(51)48-45(44-49)46(50)42-40-38-36-34-32-30-18-16-14-12-10-8-6-4-2/h32,34,40,42,45-46,49-50H,3-31,33,35-39,41,43-44H2,1-2H3,(H,48,51)/b34-32+,42-40+. The number of carbonyl (C=O) groups excluding carboxylic acids is 1. The molecule has 0 aromatic rings. The summed E-state index contributed by atoms with van der Waals surface area (Å²) >= 11 is 0. The Labute approximate surface area is 319 Å². The number of rotatable bonds is 42. The third kappa shape index (κ3) is 39.9. The van der Waals surface area contributed by atoms with E-state index in [0.717, 1.165) is 32.1 Å². The van der Waals surface area contributed by atoms with E-state index in [4.69, 9.17) is 0 Å². The summed E-state index contributed by atoms with van der Waals surface area (Å²) in [4.78, 5) is 12.4. The Morgan fingerprint density at radius 1 is 0.451 bits per heavy atom. The van der Waals surface area contributed by atoms with Gasteiger partial charge in [0, 0.05) is 6.42 Å². The molecule has 0 saturated heterocycles. The lowest BCUT2D eigenvalue weighted by Gasteiger charge is -2.19. The maximum atomic E-state index is 12.4. The summed E-state index contributed by atoms with van der Waals surface area (Å²) in [5.41, 5.74) is 0. The van der Waals surface area contributed by atoms with Crippen LogP contribution in [0.5, 0.6) is 0 Å². The fourth-order valence-electron chi connectivity index (χ4n) is 7.14. The number of allylic oxidation sites excluding steroid dienone is 3. The van der Waals surface area contributed by atoms with Gasteiger partial charge in [-0.3, -0.25) is 4.79 Å². The van der Waals surface area contributed by atoms with Crippen molar-refractivity contribution in [1.82, 2.24) is 5.32 Å². The summed E-state index contributed by atoms with van der Waals surface area (Å²) in [6.45, 7) is 4.31. The molecule has 0 aliphatic heterocycles. The first-order valence-electron chi connectivity index (χ1n) is 23.1. The van der Waals surface area contributed by atoms with Crippen molar-refractivity contribution in [3.63, 3.8) is 0 Å². The average Bonchev–Trinajstić information content (AvgIpc) is 3.13. The molecule has 2 atom stereocenters. The quantitative estimate of drug-likeness (QED) is 0.0435. The van der Waals surface area contributed by atoms with Gasteiger partial charge in [-0.05, 0) is 32.1 Å². The molecule has 1 amide bonds. The highest BCUT2D eigenvalue weighted by Crippen LogP contribution is 2.16. The van der Waals surface area contributed by atoms with Crippen LogP contribution < -0.4 is 5.32 Å². The molecule has 0 aliphatic rings. The van der Waals surface area contributed by atoms with Crippen molar-refractivity contribution in [2.45, 2.75) is 264 Å². The number of carbonyl (C=O) groups is 1. The molecule has 51 heavy (non-hydrogen) atoms. The van der Waals surface area contributed by atoms with Crippen LogP contribution in [0.25, 0.3) is 0 Å². The maximum absolute atomic E-state index is 12.4. The van der Waals surface area contributed by atoms with Crippen LogP contribution in [0.1, 0.15) is 251 Å². The predicted molar refractivity (Wildman–Crippen MR) is 225 cm³/mol. The van der Waals surface area contributed by atoms with Gasteiger partial charge in [0.1, 0.15) is 0 Å². The van der Waals surface area contributed by atoms with E-state index in [2.05, 4.69) is 31.3 Å². The molecule has 0 aliphatic carbocycles. The van der Waals surface area contributed by atoms with Crippen LogP contribution in [0, 0.1) is 0 Å². The number of unbranched alkanes of at least 4 members (excludes halogenated alkanes) is 33. The van der Waals surface area contributed by atoms with Crippen LogP contribution >= 0.6 is 0 Å². The third-order valence-electron chi connectivity index (χ3n) is 10.7. The number of nitrogens with one attached hydrogen (secondary N) is 1. The lowest BCUT2D eigenvalue weighted by molar-refractivity contribution is -0.123. The highest BCUT2D eigenvalue weighted by Gasteiger charge is 2.17. The predicted octanol–water partition coefficient (Wildman–Crippen LogP) is 14.4. The van der Waals surface area contributed by atoms with Crippen molar-refractivity contribution in [1.29, 1.82) is 0 Å². The lowest BCUT2D eigenvalue weighted by Crippen LogP contribution is -2.45. The van der Waals surface area contributed by atoms with Gasteiger partial charge in [0.2, 0.25) is 5.91 Å². The Morgan fingerprint density at radius 3 is 1.14 bits per heavy atom. The van der Waals surface area contributed by atoms with Gasteiger partial charge in [-0.2, -0.15) is 0 Å². The second-order valence-corrected chi connectivity index (χ2v) is 15.8. The number of aliphatic hydroxyl groups excluding tert-OH is 2. The van der Waals surface area contributed by atoms with Gasteiger partial charge in [-0.25, -0.2) is 0 Å². The number of hydrogen-bond donors (Lipinski definition) is 3. The molecular formula is C47H91NO3. The van der Waals surface area contributed by atoms with Gasteiger partial charge >= 0.3 is 0 Å². The van der Waals surface area contributed by atoms with Crippen molar-refractivity contribution in [3.05, 3.63) is 24.3 Å². The molecule has 0 fully saturated rings. The Hall–Kier alpha value is -1.13. The minimum atomic E-state index is -0.857. The summed E-state index contributed by atoms with van der Waals surface area (Å²) in [6, 6.07) is -0.634. The van der Waals surface area contributed by atoms with Crippen LogP contribution in [0.2, 0.25) is 0 Å². The summed E-state index contributed by atoms with van der Waals surface area (Å²) < 4.78 is 0. The van der Waals surface area contributed by atoms with Crippen molar-refractivity contribution >= 4 is 5.91 Å². The van der Waals surface area contributed by atoms with E-state index >= 15 is 0 Å². The average molecular weight is 718 g/mol. The van der Waals surface area contributed by atoms with Crippen molar-refractivity contribution < 1.29 is 15.0 Å². The largest absolute Gasteiger partial charge is 0.394 e. The highest BCUT2D eigenvalue weighted by atomic mass is 16.3. The summed E-state index contributed by atoms with van der Waals surface area (Å²) in [5.74, 6) is -0.0699. The van der Waals surface area contributed by atoms with Crippen LogP contribution in [0.3, 0.4) is 0 Å². The van der Waals surface area contributed by atoms with E-state index in [1.165, 1.54) is 199 Å². The fourth-order valence-corrected chi connectivity index (χ4v) is 7.14. The van der Waals surface area contributed by atoms with Crippen LogP contribution in [0.4, 0.5) is 0 Å². The molecular weight excluding hydrogens is 627 g/mol. The van der Waals surface area contributed by atoms with E-state index in [9.17, 15) is 15.0 Å². The van der Waals surface area contributed by atoms with Crippen LogP contribution in [-0.4, -0.2) is 34.9 Å².